The van der Waals surface area contributed by atoms with Crippen LogP contribution in [0.25, 0.3) is 11.3 Å². The maximum Gasteiger partial charge on any atom is 0.335 e. The van der Waals surface area contributed by atoms with Crippen LogP contribution in [0, 0.1) is 5.95 Å². The molecule has 2 aromatic rings. The maximum absolute atomic E-state index is 12.9. The second-order valence-corrected chi connectivity index (χ2v) is 3.23. The third kappa shape index (κ3) is 2.06. The molecule has 1 N–H and O–H groups in total. The summed E-state index contributed by atoms with van der Waals surface area (Å²) in [5.74, 6) is -1.54. The van der Waals surface area contributed by atoms with Gasteiger partial charge < -0.3 is 5.11 Å². The lowest BCUT2D eigenvalue weighted by Crippen LogP contribution is -1.95. The number of nitrogens with zero attached hydrogens (tertiary/aromatic N) is 1. The molecule has 1 heterocycles. The van der Waals surface area contributed by atoms with Crippen molar-refractivity contribution in [1.29, 1.82) is 0 Å². The van der Waals surface area contributed by atoms with Crippen LogP contribution < -0.4 is 0 Å². The van der Waals surface area contributed by atoms with Crippen molar-refractivity contribution in [1.82, 2.24) is 4.98 Å². The molecule has 0 unspecified atom stereocenters. The molecule has 16 heavy (non-hydrogen) atoms. The van der Waals surface area contributed by atoms with Crippen LogP contribution in [-0.2, 0) is 0 Å². The van der Waals surface area contributed by atoms with Crippen LogP contribution in [0.1, 0.15) is 10.4 Å². The van der Waals surface area contributed by atoms with E-state index in [0.29, 0.717) is 11.3 Å². The summed E-state index contributed by atoms with van der Waals surface area (Å²) in [4.78, 5) is 14.3. The van der Waals surface area contributed by atoms with Crippen molar-refractivity contribution in [2.75, 3.05) is 0 Å². The normalized spacial score (nSPS) is 10.1. The van der Waals surface area contributed by atoms with Crippen LogP contribution in [0.3, 0.4) is 0 Å². The van der Waals surface area contributed by atoms with Crippen molar-refractivity contribution in [3.63, 3.8) is 0 Å². The largest absolute Gasteiger partial charge is 0.478 e. The van der Waals surface area contributed by atoms with Crippen molar-refractivity contribution in [2.24, 2.45) is 0 Å². The molecule has 0 bridgehead atoms. The number of halogens is 1. The van der Waals surface area contributed by atoms with Gasteiger partial charge in [0.1, 0.15) is 0 Å². The van der Waals surface area contributed by atoms with E-state index in [0.717, 1.165) is 0 Å². The molecule has 0 aliphatic heterocycles. The molecule has 0 fully saturated rings. The lowest BCUT2D eigenvalue weighted by molar-refractivity contribution is 0.0697. The van der Waals surface area contributed by atoms with Crippen molar-refractivity contribution in [3.8, 4) is 11.3 Å². The molecule has 0 spiro atoms. The number of benzene rings is 1. The molecule has 4 heteroatoms. The van der Waals surface area contributed by atoms with E-state index in [1.165, 1.54) is 18.2 Å². The van der Waals surface area contributed by atoms with Crippen molar-refractivity contribution < 1.29 is 14.3 Å². The van der Waals surface area contributed by atoms with Crippen LogP contribution in [-0.4, -0.2) is 16.1 Å². The second-order valence-electron chi connectivity index (χ2n) is 3.23. The number of aromatic nitrogens is 1. The molecular formula is C12H8FNO2. The minimum Gasteiger partial charge on any atom is -0.478 e. The molecule has 1 aromatic heterocycles. The van der Waals surface area contributed by atoms with Crippen molar-refractivity contribution in [3.05, 3.63) is 54.0 Å². The predicted octanol–water partition coefficient (Wildman–Crippen LogP) is 2.59. The van der Waals surface area contributed by atoms with Gasteiger partial charge in [0, 0.05) is 5.56 Å². The Bertz CT molecular complexity index is 523. The van der Waals surface area contributed by atoms with Crippen LogP contribution in [0.15, 0.2) is 42.5 Å². The predicted molar refractivity (Wildman–Crippen MR) is 56.6 cm³/mol. The van der Waals surface area contributed by atoms with Gasteiger partial charge in [0.15, 0.2) is 0 Å². The van der Waals surface area contributed by atoms with Crippen LogP contribution in [0.2, 0.25) is 0 Å². The van der Waals surface area contributed by atoms with E-state index >= 15 is 0 Å². The number of carboxylic acid groups (broad SMARTS) is 1. The van der Waals surface area contributed by atoms with Crippen LogP contribution in [0.5, 0.6) is 0 Å². The fraction of sp³-hybridized carbons (Fsp3) is 0. The van der Waals surface area contributed by atoms with Gasteiger partial charge >= 0.3 is 5.97 Å². The molecular weight excluding hydrogens is 209 g/mol. The zero-order valence-corrected chi connectivity index (χ0v) is 8.22. The fourth-order valence-corrected chi connectivity index (χ4v) is 1.35. The number of hydrogen-bond donors (Lipinski definition) is 1. The van der Waals surface area contributed by atoms with Crippen molar-refractivity contribution in [2.45, 2.75) is 0 Å². The number of aromatic carboxylic acids is 1. The summed E-state index contributed by atoms with van der Waals surface area (Å²) >= 11 is 0. The van der Waals surface area contributed by atoms with Gasteiger partial charge in [-0.25, -0.2) is 9.78 Å². The number of carboxylic acids is 1. The molecule has 2 rings (SSSR count). The average molecular weight is 217 g/mol. The van der Waals surface area contributed by atoms with E-state index in [2.05, 4.69) is 4.98 Å². The zero-order chi connectivity index (χ0) is 11.5. The number of hydrogen-bond acceptors (Lipinski definition) is 2. The highest BCUT2D eigenvalue weighted by atomic mass is 19.1. The minimum atomic E-state index is -0.987. The lowest BCUT2D eigenvalue weighted by atomic mass is 10.1. The zero-order valence-electron chi connectivity index (χ0n) is 8.22. The van der Waals surface area contributed by atoms with E-state index in [4.69, 9.17) is 5.11 Å². The van der Waals surface area contributed by atoms with Gasteiger partial charge in [-0.05, 0) is 24.3 Å². The van der Waals surface area contributed by atoms with E-state index in [9.17, 15) is 9.18 Å². The third-order valence-electron chi connectivity index (χ3n) is 2.14. The summed E-state index contributed by atoms with van der Waals surface area (Å²) in [5.41, 5.74) is 1.36. The molecule has 1 aromatic carbocycles. The summed E-state index contributed by atoms with van der Waals surface area (Å²) in [6, 6.07) is 10.6. The van der Waals surface area contributed by atoms with Crippen LogP contribution in [0.4, 0.5) is 4.39 Å². The average Bonchev–Trinajstić information content (AvgIpc) is 2.29. The van der Waals surface area contributed by atoms with Gasteiger partial charge in [-0.2, -0.15) is 4.39 Å². The Balaban J connectivity index is 2.38. The molecule has 0 atom stereocenters. The SMILES string of the molecule is O=C(O)c1ccc(-c2cccc(F)n2)cc1. The molecule has 0 radical (unpaired) electrons. The molecule has 3 nitrogen and oxygen atoms in total. The highest BCUT2D eigenvalue weighted by molar-refractivity contribution is 5.88. The van der Waals surface area contributed by atoms with Gasteiger partial charge in [0.25, 0.3) is 0 Å². The van der Waals surface area contributed by atoms with Crippen LogP contribution >= 0.6 is 0 Å². The molecule has 0 aliphatic carbocycles. The summed E-state index contributed by atoms with van der Waals surface area (Å²) in [5, 5.41) is 8.71. The number of rotatable bonds is 2. The Labute approximate surface area is 91.2 Å². The Morgan fingerprint density at radius 2 is 1.81 bits per heavy atom. The Morgan fingerprint density at radius 1 is 1.12 bits per heavy atom. The monoisotopic (exact) mass is 217 g/mol. The highest BCUT2D eigenvalue weighted by Crippen LogP contribution is 2.17. The Morgan fingerprint density at radius 3 is 2.38 bits per heavy atom. The van der Waals surface area contributed by atoms with E-state index in [1.807, 2.05) is 0 Å². The summed E-state index contributed by atoms with van der Waals surface area (Å²) in [6.45, 7) is 0. The second kappa shape index (κ2) is 4.10. The Hall–Kier alpha value is -2.23. The van der Waals surface area contributed by atoms with E-state index in [-0.39, 0.29) is 5.56 Å². The first-order valence-corrected chi connectivity index (χ1v) is 4.63. The van der Waals surface area contributed by atoms with Gasteiger partial charge in [-0.1, -0.05) is 18.2 Å². The highest BCUT2D eigenvalue weighted by Gasteiger charge is 2.04. The van der Waals surface area contributed by atoms with Gasteiger partial charge in [-0.15, -0.1) is 0 Å². The summed E-state index contributed by atoms with van der Waals surface area (Å²) in [6.07, 6.45) is 0. The summed E-state index contributed by atoms with van der Waals surface area (Å²) < 4.78 is 12.9. The van der Waals surface area contributed by atoms with Gasteiger partial charge in [0.2, 0.25) is 5.95 Å². The van der Waals surface area contributed by atoms with Crippen molar-refractivity contribution >= 4 is 5.97 Å². The lowest BCUT2D eigenvalue weighted by Gasteiger charge is -2.01. The standard InChI is InChI=1S/C12H8FNO2/c13-11-3-1-2-10(14-11)8-4-6-9(7-5-8)12(15)16/h1-7H,(H,15,16). The number of carbonyl (C=O) groups is 1. The molecule has 0 aliphatic rings. The van der Waals surface area contributed by atoms with Gasteiger partial charge in [0.05, 0.1) is 11.3 Å². The van der Waals surface area contributed by atoms with E-state index < -0.39 is 11.9 Å². The topological polar surface area (TPSA) is 50.2 Å². The smallest absolute Gasteiger partial charge is 0.335 e. The Kier molecular flexibility index (Phi) is 2.64. The first-order chi connectivity index (χ1) is 7.66. The molecule has 80 valence electrons. The summed E-state index contributed by atoms with van der Waals surface area (Å²) in [7, 11) is 0. The third-order valence-corrected chi connectivity index (χ3v) is 2.14. The minimum absolute atomic E-state index is 0.195. The fourth-order valence-electron chi connectivity index (χ4n) is 1.35. The molecule has 0 amide bonds. The quantitative estimate of drug-likeness (QED) is 0.786. The van der Waals surface area contributed by atoms with E-state index in [1.54, 1.807) is 24.3 Å². The molecule has 0 saturated carbocycles. The first-order valence-electron chi connectivity index (χ1n) is 4.63. The first kappa shape index (κ1) is 10.3. The van der Waals surface area contributed by atoms with Gasteiger partial charge in [-0.3, -0.25) is 0 Å². The molecule has 0 saturated heterocycles. The number of pyridine rings is 1. The maximum atomic E-state index is 12.9.